The van der Waals surface area contributed by atoms with E-state index in [-0.39, 0.29) is 5.41 Å². The van der Waals surface area contributed by atoms with Gasteiger partial charge in [0.15, 0.2) is 0 Å². The average Bonchev–Trinajstić information content (AvgIpc) is 2.23. The van der Waals surface area contributed by atoms with Crippen LogP contribution in [-0.2, 0) is 6.42 Å². The predicted octanol–water partition coefficient (Wildman–Crippen LogP) is 2.56. The van der Waals surface area contributed by atoms with Crippen LogP contribution in [0.3, 0.4) is 0 Å². The molecule has 0 atom stereocenters. The number of carboxylic acid groups (broad SMARTS) is 1. The number of benzene rings is 1. The van der Waals surface area contributed by atoms with Crippen LogP contribution in [0, 0.1) is 5.41 Å². The average molecular weight is 235 g/mol. The van der Waals surface area contributed by atoms with Crippen LogP contribution in [0.2, 0.25) is 0 Å². The Balaban J connectivity index is 2.42. The van der Waals surface area contributed by atoms with E-state index in [2.05, 4.69) is 26.1 Å². The van der Waals surface area contributed by atoms with Crippen molar-refractivity contribution in [3.63, 3.8) is 0 Å². The zero-order valence-electron chi connectivity index (χ0n) is 10.8. The normalized spacial score (nSPS) is 11.5. The van der Waals surface area contributed by atoms with Crippen LogP contribution in [0.25, 0.3) is 0 Å². The summed E-state index contributed by atoms with van der Waals surface area (Å²) in [4.78, 5) is 10.8. The summed E-state index contributed by atoms with van der Waals surface area (Å²) in [6.45, 7) is 8.40. The molecule has 0 fully saturated rings. The summed E-state index contributed by atoms with van der Waals surface area (Å²) < 4.78 is 0. The van der Waals surface area contributed by atoms with Crippen molar-refractivity contribution in [3.05, 3.63) is 35.4 Å². The third-order valence-electron chi connectivity index (χ3n) is 2.42. The third-order valence-corrected chi connectivity index (χ3v) is 2.42. The van der Waals surface area contributed by atoms with Gasteiger partial charge in [-0.2, -0.15) is 0 Å². The van der Waals surface area contributed by atoms with Gasteiger partial charge in [0.25, 0.3) is 0 Å². The molecule has 94 valence electrons. The van der Waals surface area contributed by atoms with Gasteiger partial charge in [0.05, 0.1) is 5.56 Å². The van der Waals surface area contributed by atoms with Crippen LogP contribution < -0.4 is 5.32 Å². The van der Waals surface area contributed by atoms with Crippen molar-refractivity contribution in [2.75, 3.05) is 13.1 Å². The van der Waals surface area contributed by atoms with Gasteiger partial charge < -0.3 is 10.4 Å². The molecule has 0 aliphatic heterocycles. The first-order chi connectivity index (χ1) is 7.88. The maximum absolute atomic E-state index is 10.8. The summed E-state index contributed by atoms with van der Waals surface area (Å²) in [5.41, 5.74) is 1.70. The van der Waals surface area contributed by atoms with Crippen molar-refractivity contribution >= 4 is 5.97 Å². The number of aromatic carboxylic acids is 1. The van der Waals surface area contributed by atoms with Crippen LogP contribution in [0.4, 0.5) is 0 Å². The molecule has 3 nitrogen and oxygen atoms in total. The second-order valence-electron chi connectivity index (χ2n) is 5.49. The highest BCUT2D eigenvalue weighted by Gasteiger charge is 2.08. The molecule has 17 heavy (non-hydrogen) atoms. The summed E-state index contributed by atoms with van der Waals surface area (Å²) >= 11 is 0. The maximum atomic E-state index is 10.8. The first-order valence-electron chi connectivity index (χ1n) is 5.91. The predicted molar refractivity (Wildman–Crippen MR) is 69.4 cm³/mol. The summed E-state index contributed by atoms with van der Waals surface area (Å²) in [5.74, 6) is -0.866. The van der Waals surface area contributed by atoms with E-state index in [1.807, 2.05) is 6.07 Å². The number of hydrogen-bond acceptors (Lipinski definition) is 2. The van der Waals surface area contributed by atoms with Crippen molar-refractivity contribution in [2.24, 2.45) is 5.41 Å². The molecule has 0 bridgehead atoms. The highest BCUT2D eigenvalue weighted by Crippen LogP contribution is 2.10. The van der Waals surface area contributed by atoms with Crippen LogP contribution >= 0.6 is 0 Å². The van der Waals surface area contributed by atoms with Gasteiger partial charge in [0, 0.05) is 6.54 Å². The number of nitrogens with one attached hydrogen (secondary N) is 1. The van der Waals surface area contributed by atoms with Crippen LogP contribution in [-0.4, -0.2) is 24.2 Å². The topological polar surface area (TPSA) is 49.3 Å². The fraction of sp³-hybridized carbons (Fsp3) is 0.500. The molecule has 1 aromatic rings. The largest absolute Gasteiger partial charge is 0.478 e. The van der Waals surface area contributed by atoms with E-state index in [9.17, 15) is 4.79 Å². The Morgan fingerprint density at radius 2 is 2.06 bits per heavy atom. The molecule has 3 heteroatoms. The Hall–Kier alpha value is -1.35. The van der Waals surface area contributed by atoms with Gasteiger partial charge in [-0.3, -0.25) is 0 Å². The minimum atomic E-state index is -0.866. The first kappa shape index (κ1) is 13.7. The number of rotatable bonds is 5. The number of hydrogen-bond donors (Lipinski definition) is 2. The second-order valence-corrected chi connectivity index (χ2v) is 5.49. The van der Waals surface area contributed by atoms with Crippen molar-refractivity contribution in [1.29, 1.82) is 0 Å². The molecule has 0 unspecified atom stereocenters. The van der Waals surface area contributed by atoms with E-state index in [0.29, 0.717) is 5.56 Å². The molecule has 0 saturated carbocycles. The molecule has 1 rings (SSSR count). The van der Waals surface area contributed by atoms with Crippen LogP contribution in [0.1, 0.15) is 36.7 Å². The Labute approximate surface area is 103 Å². The molecule has 0 aliphatic rings. The molecular formula is C14H21NO2. The monoisotopic (exact) mass is 235 g/mol. The lowest BCUT2D eigenvalue weighted by Crippen LogP contribution is -2.28. The SMILES string of the molecule is CC(C)(C)CNCCc1cccc(C(=O)O)c1. The highest BCUT2D eigenvalue weighted by molar-refractivity contribution is 5.87. The van der Waals surface area contributed by atoms with E-state index >= 15 is 0 Å². The third kappa shape index (κ3) is 5.50. The van der Waals surface area contributed by atoms with Gasteiger partial charge in [-0.15, -0.1) is 0 Å². The lowest BCUT2D eigenvalue weighted by Gasteiger charge is -2.18. The van der Waals surface area contributed by atoms with Crippen molar-refractivity contribution in [3.8, 4) is 0 Å². The van der Waals surface area contributed by atoms with Gasteiger partial charge >= 0.3 is 5.97 Å². The van der Waals surface area contributed by atoms with Crippen LogP contribution in [0.5, 0.6) is 0 Å². The lowest BCUT2D eigenvalue weighted by atomic mass is 9.97. The smallest absolute Gasteiger partial charge is 0.335 e. The maximum Gasteiger partial charge on any atom is 0.335 e. The van der Waals surface area contributed by atoms with Crippen LogP contribution in [0.15, 0.2) is 24.3 Å². The molecule has 1 aromatic carbocycles. The van der Waals surface area contributed by atoms with E-state index < -0.39 is 5.97 Å². The minimum absolute atomic E-state index is 0.281. The Morgan fingerprint density at radius 1 is 1.35 bits per heavy atom. The van der Waals surface area contributed by atoms with Crippen molar-refractivity contribution < 1.29 is 9.90 Å². The van der Waals surface area contributed by atoms with E-state index in [1.54, 1.807) is 18.2 Å². The number of carbonyl (C=O) groups is 1. The zero-order chi connectivity index (χ0) is 12.9. The molecular weight excluding hydrogens is 214 g/mol. The van der Waals surface area contributed by atoms with Gasteiger partial charge in [0.2, 0.25) is 0 Å². The Morgan fingerprint density at radius 3 is 2.65 bits per heavy atom. The molecule has 0 aliphatic carbocycles. The van der Waals surface area contributed by atoms with Gasteiger partial charge in [0.1, 0.15) is 0 Å². The minimum Gasteiger partial charge on any atom is -0.478 e. The fourth-order valence-electron chi connectivity index (χ4n) is 1.56. The summed E-state index contributed by atoms with van der Waals surface area (Å²) in [6, 6.07) is 7.11. The zero-order valence-corrected chi connectivity index (χ0v) is 10.8. The molecule has 0 spiro atoms. The molecule has 0 saturated heterocycles. The summed E-state index contributed by atoms with van der Waals surface area (Å²) in [7, 11) is 0. The molecule has 0 aromatic heterocycles. The summed E-state index contributed by atoms with van der Waals surface area (Å²) in [6.07, 6.45) is 0.858. The molecule has 0 radical (unpaired) electrons. The van der Waals surface area contributed by atoms with Gasteiger partial charge in [-0.1, -0.05) is 32.9 Å². The second kappa shape index (κ2) is 5.82. The van der Waals surface area contributed by atoms with E-state index in [1.165, 1.54) is 0 Å². The molecule has 0 heterocycles. The lowest BCUT2D eigenvalue weighted by molar-refractivity contribution is 0.0697. The first-order valence-corrected chi connectivity index (χ1v) is 5.91. The van der Waals surface area contributed by atoms with Crippen molar-refractivity contribution in [1.82, 2.24) is 5.32 Å². The van der Waals surface area contributed by atoms with E-state index in [0.717, 1.165) is 25.1 Å². The van der Waals surface area contributed by atoms with Gasteiger partial charge in [-0.25, -0.2) is 4.79 Å². The van der Waals surface area contributed by atoms with Crippen molar-refractivity contribution in [2.45, 2.75) is 27.2 Å². The van der Waals surface area contributed by atoms with Gasteiger partial charge in [-0.05, 0) is 36.1 Å². The molecule has 2 N–H and O–H groups in total. The number of carboxylic acids is 1. The van der Waals surface area contributed by atoms with E-state index in [4.69, 9.17) is 5.11 Å². The highest BCUT2D eigenvalue weighted by atomic mass is 16.4. The quantitative estimate of drug-likeness (QED) is 0.771. The molecule has 0 amide bonds. The summed E-state index contributed by atoms with van der Waals surface area (Å²) in [5, 5.41) is 12.2. The standard InChI is InChI=1S/C14H21NO2/c1-14(2,3)10-15-8-7-11-5-4-6-12(9-11)13(16)17/h4-6,9,15H,7-8,10H2,1-3H3,(H,16,17). The Kier molecular flexibility index (Phi) is 4.70. The fourth-order valence-corrected chi connectivity index (χ4v) is 1.56. The Bertz CT molecular complexity index is 380.